The standard InChI is InChI=1S/C41H51F4N3O9S/c1-23-9-7-8-10-25-19-40(25,37(52)47-58(53,54)39(5)13-14-39)20-32(49)31-17-27(56-35-30-16-26(42)11-12-28(30)33(55-6)21-46-35)22-48(31)36(51)29(24(2)15-23)18-34(50)57-38(3,4)41(43,44)45/h8,10-12,16,21,23-25,27,29,31H,7,9,13-15,17-20,22H2,1-6H3,(H,47,52)/b10-8-/t23-,24-,25-,27-,29+,31+,40-/m1/s1. The van der Waals surface area contributed by atoms with E-state index >= 15 is 0 Å². The first-order valence-electron chi connectivity index (χ1n) is 19.6. The topological polar surface area (TPSA) is 158 Å². The Morgan fingerprint density at radius 3 is 2.45 bits per heavy atom. The van der Waals surface area contributed by atoms with Crippen LogP contribution in [0.3, 0.4) is 0 Å². The van der Waals surface area contributed by atoms with Crippen LogP contribution in [-0.4, -0.2) is 84.2 Å². The van der Waals surface area contributed by atoms with Gasteiger partial charge in [0.2, 0.25) is 33.3 Å². The average Bonchev–Trinajstić information content (AvgIpc) is 4.01. The maximum Gasteiger partial charge on any atom is 0.427 e. The molecule has 2 saturated carbocycles. The molecule has 3 heterocycles. The Bertz CT molecular complexity index is 2100. The van der Waals surface area contributed by atoms with Crippen molar-refractivity contribution in [2.45, 2.75) is 121 Å². The molecule has 4 aliphatic rings. The fourth-order valence-corrected chi connectivity index (χ4v) is 9.56. The van der Waals surface area contributed by atoms with Crippen LogP contribution < -0.4 is 14.2 Å². The lowest BCUT2D eigenvalue weighted by molar-refractivity contribution is -0.257. The minimum absolute atomic E-state index is 0.0124. The van der Waals surface area contributed by atoms with Crippen LogP contribution in [0.1, 0.15) is 92.4 Å². The monoisotopic (exact) mass is 837 g/mol. The van der Waals surface area contributed by atoms with Gasteiger partial charge in [-0.1, -0.05) is 26.0 Å². The van der Waals surface area contributed by atoms with Crippen LogP contribution in [0, 0.1) is 34.9 Å². The molecule has 58 heavy (non-hydrogen) atoms. The van der Waals surface area contributed by atoms with Crippen LogP contribution >= 0.6 is 0 Å². The van der Waals surface area contributed by atoms with Crippen molar-refractivity contribution in [1.82, 2.24) is 14.6 Å². The molecule has 0 spiro atoms. The number of pyridine rings is 1. The first-order valence-corrected chi connectivity index (χ1v) is 21.1. The van der Waals surface area contributed by atoms with E-state index in [1.807, 2.05) is 19.1 Å². The normalized spacial score (nSPS) is 29.7. The SMILES string of the molecule is COc1cnc(O[C@@H]2C[C@H]3C(=O)C[C@]4(C(=O)NS(=O)(=O)C5(C)CC5)C[C@H]4/C=C\CC[C@@H](C)C[C@@H](C)[C@H](CC(=O)OC(C)(C)C(F)(F)F)C(=O)N3C2)c2cc(F)ccc12. The maximum atomic E-state index is 14.8. The van der Waals surface area contributed by atoms with E-state index in [4.69, 9.17) is 14.2 Å². The number of esters is 1. The van der Waals surface area contributed by atoms with E-state index in [9.17, 15) is 45.2 Å². The van der Waals surface area contributed by atoms with Crippen molar-refractivity contribution >= 4 is 44.4 Å². The average molecular weight is 838 g/mol. The van der Waals surface area contributed by atoms with Gasteiger partial charge in [0.15, 0.2) is 5.78 Å². The smallest absolute Gasteiger partial charge is 0.427 e. The van der Waals surface area contributed by atoms with Gasteiger partial charge in [-0.05, 0) is 95.2 Å². The number of Topliss-reactive ketones (excluding diaryl/α,β-unsaturated/α-hetero) is 1. The van der Waals surface area contributed by atoms with Gasteiger partial charge in [-0.3, -0.25) is 23.9 Å². The zero-order valence-corrected chi connectivity index (χ0v) is 34.3. The number of ether oxygens (including phenoxy) is 3. The zero-order chi connectivity index (χ0) is 42.6. The Balaban J connectivity index is 1.36. The molecule has 1 saturated heterocycles. The summed E-state index contributed by atoms with van der Waals surface area (Å²) in [5.74, 6) is -5.78. The lowest BCUT2D eigenvalue weighted by Gasteiger charge is -2.33. The highest BCUT2D eigenvalue weighted by Crippen LogP contribution is 2.58. The lowest BCUT2D eigenvalue weighted by Crippen LogP contribution is -2.48. The van der Waals surface area contributed by atoms with Crippen molar-refractivity contribution in [3.05, 3.63) is 42.4 Å². The number of aromatic nitrogens is 1. The van der Waals surface area contributed by atoms with E-state index in [0.29, 0.717) is 43.2 Å². The molecule has 0 unspecified atom stereocenters. The molecule has 1 aromatic heterocycles. The minimum Gasteiger partial charge on any atom is -0.494 e. The molecule has 2 aliphatic carbocycles. The Morgan fingerprint density at radius 1 is 1.09 bits per heavy atom. The van der Waals surface area contributed by atoms with Crippen LogP contribution in [0.5, 0.6) is 11.6 Å². The summed E-state index contributed by atoms with van der Waals surface area (Å²) in [6.07, 6.45) is 0.617. The predicted octanol–water partition coefficient (Wildman–Crippen LogP) is 6.60. The number of fused-ring (bicyclic) bond motifs is 3. The van der Waals surface area contributed by atoms with Gasteiger partial charge in [0.05, 0.1) is 53.8 Å². The number of carbonyl (C=O) groups excluding carboxylic acids is 4. The summed E-state index contributed by atoms with van der Waals surface area (Å²) >= 11 is 0. The van der Waals surface area contributed by atoms with E-state index in [1.165, 1.54) is 36.4 Å². The van der Waals surface area contributed by atoms with Crippen molar-refractivity contribution in [3.8, 4) is 11.6 Å². The minimum atomic E-state index is -4.89. The largest absolute Gasteiger partial charge is 0.494 e. The summed E-state index contributed by atoms with van der Waals surface area (Å²) in [7, 11) is -2.63. The third-order valence-corrected chi connectivity index (χ3v) is 14.7. The van der Waals surface area contributed by atoms with Crippen LogP contribution in [0.4, 0.5) is 17.6 Å². The Hall–Kier alpha value is -4.28. The van der Waals surface area contributed by atoms with E-state index in [-0.39, 0.29) is 36.6 Å². The van der Waals surface area contributed by atoms with Gasteiger partial charge in [-0.2, -0.15) is 13.2 Å². The molecule has 2 aromatic rings. The molecule has 318 valence electrons. The molecular weight excluding hydrogens is 787 g/mol. The fraction of sp³-hybridized carbons (Fsp3) is 0.634. The van der Waals surface area contributed by atoms with E-state index < -0.39 is 104 Å². The molecule has 2 amide bonds. The molecule has 0 radical (unpaired) electrons. The van der Waals surface area contributed by atoms with Crippen molar-refractivity contribution < 1.29 is 59.4 Å². The number of alkyl halides is 3. The number of carbonyl (C=O) groups is 4. The van der Waals surface area contributed by atoms with Gasteiger partial charge in [0.1, 0.15) is 17.7 Å². The van der Waals surface area contributed by atoms with Crippen LogP contribution in [0.2, 0.25) is 0 Å². The second-order valence-electron chi connectivity index (χ2n) is 17.4. The molecule has 6 rings (SSSR count). The Labute approximate surface area is 335 Å². The van der Waals surface area contributed by atoms with Gasteiger partial charge >= 0.3 is 12.1 Å². The number of allylic oxidation sites excluding steroid dienone is 2. The maximum absolute atomic E-state index is 14.8. The molecule has 12 nitrogen and oxygen atoms in total. The summed E-state index contributed by atoms with van der Waals surface area (Å²) in [5, 5.41) is 0.735. The molecular formula is C41H51F4N3O9S. The highest BCUT2D eigenvalue weighted by atomic mass is 32.2. The van der Waals surface area contributed by atoms with Gasteiger partial charge in [-0.25, -0.2) is 17.8 Å². The summed E-state index contributed by atoms with van der Waals surface area (Å²) in [6.45, 7) is 6.44. The molecule has 0 bridgehead atoms. The summed E-state index contributed by atoms with van der Waals surface area (Å²) in [6, 6.07) is 2.69. The summed E-state index contributed by atoms with van der Waals surface area (Å²) in [5.41, 5.74) is -4.26. The highest BCUT2D eigenvalue weighted by Gasteiger charge is 2.63. The van der Waals surface area contributed by atoms with Gasteiger partial charge in [0, 0.05) is 18.2 Å². The van der Waals surface area contributed by atoms with Gasteiger partial charge < -0.3 is 19.1 Å². The highest BCUT2D eigenvalue weighted by molar-refractivity contribution is 7.91. The van der Waals surface area contributed by atoms with Gasteiger partial charge in [0.25, 0.3) is 0 Å². The number of rotatable bonds is 9. The number of nitrogens with one attached hydrogen (secondary N) is 1. The predicted molar refractivity (Wildman–Crippen MR) is 203 cm³/mol. The number of benzene rings is 1. The fourth-order valence-electron chi connectivity index (χ4n) is 8.23. The van der Waals surface area contributed by atoms with Crippen LogP contribution in [0.25, 0.3) is 10.8 Å². The van der Waals surface area contributed by atoms with E-state index in [0.717, 1.165) is 13.8 Å². The lowest BCUT2D eigenvalue weighted by atomic mass is 9.82. The summed E-state index contributed by atoms with van der Waals surface area (Å²) in [4.78, 5) is 62.2. The molecule has 17 heteroatoms. The quantitative estimate of drug-likeness (QED) is 0.166. The molecule has 3 fully saturated rings. The summed E-state index contributed by atoms with van der Waals surface area (Å²) < 4.78 is 99.9. The number of nitrogens with zero attached hydrogens (tertiary/aromatic N) is 2. The number of ketones is 1. The number of methoxy groups -OCH3 is 1. The number of sulfonamides is 1. The van der Waals surface area contributed by atoms with E-state index in [1.54, 1.807) is 13.8 Å². The van der Waals surface area contributed by atoms with Crippen molar-refractivity contribution in [2.75, 3.05) is 13.7 Å². The van der Waals surface area contributed by atoms with E-state index in [2.05, 4.69) is 9.71 Å². The second kappa shape index (κ2) is 15.7. The molecule has 7 atom stereocenters. The number of halogens is 4. The molecule has 1 N–H and O–H groups in total. The number of amides is 2. The number of hydrogen-bond acceptors (Lipinski definition) is 10. The van der Waals surface area contributed by atoms with Crippen molar-refractivity contribution in [3.63, 3.8) is 0 Å². The van der Waals surface area contributed by atoms with Gasteiger partial charge in [-0.15, -0.1) is 0 Å². The molecule has 2 aliphatic heterocycles. The third-order valence-electron chi connectivity index (χ3n) is 12.5. The first kappa shape index (κ1) is 43.3. The van der Waals surface area contributed by atoms with Crippen molar-refractivity contribution in [2.24, 2.45) is 29.1 Å². The second-order valence-corrected chi connectivity index (χ2v) is 19.6. The Kier molecular flexibility index (Phi) is 11.7. The van der Waals surface area contributed by atoms with Crippen LogP contribution in [0.15, 0.2) is 36.5 Å². The van der Waals surface area contributed by atoms with Crippen molar-refractivity contribution in [1.29, 1.82) is 0 Å². The Morgan fingerprint density at radius 2 is 1.79 bits per heavy atom. The first-order chi connectivity index (χ1) is 27.0. The van der Waals surface area contributed by atoms with Crippen LogP contribution in [-0.2, 0) is 33.9 Å². The number of hydrogen-bond donors (Lipinski definition) is 1. The third kappa shape index (κ3) is 8.69. The molecule has 1 aromatic carbocycles. The zero-order valence-electron chi connectivity index (χ0n) is 33.5.